The Balaban J connectivity index is 1.79. The van der Waals surface area contributed by atoms with Gasteiger partial charge in [-0.1, -0.05) is 0 Å². The molecule has 140 valence electrons. The van der Waals surface area contributed by atoms with Gasteiger partial charge in [0, 0.05) is 12.0 Å². The van der Waals surface area contributed by atoms with Gasteiger partial charge in [0.05, 0.1) is 10.2 Å². The summed E-state index contributed by atoms with van der Waals surface area (Å²) < 4.78 is 40.8. The van der Waals surface area contributed by atoms with Gasteiger partial charge in [0.25, 0.3) is 0 Å². The summed E-state index contributed by atoms with van der Waals surface area (Å²) in [6.45, 7) is 3.41. The number of rotatable bonds is 4. The highest BCUT2D eigenvalue weighted by atomic mass is 79.9. The molecule has 2 aliphatic rings. The lowest BCUT2D eigenvalue weighted by molar-refractivity contribution is -0.142. The van der Waals surface area contributed by atoms with Gasteiger partial charge in [0.15, 0.2) is 5.69 Å². The summed E-state index contributed by atoms with van der Waals surface area (Å²) in [7, 11) is 2.03. The molecule has 0 aromatic carbocycles. The van der Waals surface area contributed by atoms with E-state index in [-0.39, 0.29) is 22.3 Å². The highest BCUT2D eigenvalue weighted by Crippen LogP contribution is 2.47. The highest BCUT2D eigenvalue weighted by Gasteiger charge is 2.43. The van der Waals surface area contributed by atoms with Crippen LogP contribution in [0.3, 0.4) is 0 Å². The first-order chi connectivity index (χ1) is 11.7. The fourth-order valence-corrected chi connectivity index (χ4v) is 4.02. The van der Waals surface area contributed by atoms with Crippen LogP contribution < -0.4 is 5.32 Å². The van der Waals surface area contributed by atoms with E-state index in [1.807, 2.05) is 7.05 Å². The number of nitrogens with one attached hydrogen (secondary N) is 1. The number of aromatic nitrogens is 2. The Hall–Kier alpha value is -1.09. The maximum absolute atomic E-state index is 13.2. The monoisotopic (exact) mass is 422 g/mol. The first-order valence-electron chi connectivity index (χ1n) is 8.52. The second kappa shape index (κ2) is 6.90. The molecule has 1 amide bonds. The van der Waals surface area contributed by atoms with Gasteiger partial charge in [-0.15, -0.1) is 0 Å². The number of carbonyl (C=O) groups is 1. The Labute approximate surface area is 153 Å². The molecule has 1 N–H and O–H groups in total. The minimum atomic E-state index is -4.54. The molecule has 25 heavy (non-hydrogen) atoms. The Morgan fingerprint density at radius 2 is 1.88 bits per heavy atom. The van der Waals surface area contributed by atoms with Gasteiger partial charge in [-0.25, -0.2) is 0 Å². The number of carbonyl (C=O) groups excluding carboxylic acids is 1. The van der Waals surface area contributed by atoms with Gasteiger partial charge in [-0.3, -0.25) is 9.48 Å². The van der Waals surface area contributed by atoms with Crippen LogP contribution in [0, 0.1) is 0 Å². The fourth-order valence-electron chi connectivity index (χ4n) is 3.21. The molecule has 1 aromatic heterocycles. The molecule has 5 nitrogen and oxygen atoms in total. The van der Waals surface area contributed by atoms with Gasteiger partial charge in [-0.05, 0) is 68.7 Å². The van der Waals surface area contributed by atoms with Gasteiger partial charge < -0.3 is 10.2 Å². The number of nitrogens with zero attached hydrogens (tertiary/aromatic N) is 3. The zero-order valence-corrected chi connectivity index (χ0v) is 15.8. The van der Waals surface area contributed by atoms with Crippen molar-refractivity contribution in [1.82, 2.24) is 20.0 Å². The maximum Gasteiger partial charge on any atom is 0.436 e. The van der Waals surface area contributed by atoms with E-state index in [1.165, 1.54) is 4.68 Å². The molecule has 9 heteroatoms. The minimum absolute atomic E-state index is 0.0264. The first-order valence-corrected chi connectivity index (χ1v) is 9.31. The molecule has 0 spiro atoms. The number of halogens is 4. The van der Waals surface area contributed by atoms with Crippen molar-refractivity contribution in [2.45, 2.75) is 56.8 Å². The summed E-state index contributed by atoms with van der Waals surface area (Å²) in [4.78, 5) is 14.8. The summed E-state index contributed by atoms with van der Waals surface area (Å²) >= 11 is 3.06. The van der Waals surface area contributed by atoms with Crippen molar-refractivity contribution in [2.24, 2.45) is 0 Å². The Morgan fingerprint density at radius 1 is 1.28 bits per heavy atom. The molecule has 0 bridgehead atoms. The molecule has 1 saturated carbocycles. The summed E-state index contributed by atoms with van der Waals surface area (Å²) in [6, 6.07) is -0.709. The summed E-state index contributed by atoms with van der Waals surface area (Å²) in [6.07, 6.45) is -1.20. The third-order valence-electron chi connectivity index (χ3n) is 4.93. The van der Waals surface area contributed by atoms with E-state index < -0.39 is 17.9 Å². The van der Waals surface area contributed by atoms with Crippen LogP contribution >= 0.6 is 15.9 Å². The molecular weight excluding hydrogens is 401 g/mol. The average molecular weight is 423 g/mol. The second-order valence-corrected chi connectivity index (χ2v) is 7.82. The third kappa shape index (κ3) is 4.02. The van der Waals surface area contributed by atoms with Crippen molar-refractivity contribution in [3.63, 3.8) is 0 Å². The van der Waals surface area contributed by atoms with Crippen LogP contribution in [0.2, 0.25) is 0 Å². The topological polar surface area (TPSA) is 50.2 Å². The van der Waals surface area contributed by atoms with Crippen LogP contribution in [0.25, 0.3) is 0 Å². The van der Waals surface area contributed by atoms with E-state index in [0.29, 0.717) is 5.69 Å². The van der Waals surface area contributed by atoms with Crippen molar-refractivity contribution < 1.29 is 18.0 Å². The number of piperidine rings is 1. The molecule has 1 aliphatic carbocycles. The molecule has 1 aliphatic heterocycles. The summed E-state index contributed by atoms with van der Waals surface area (Å²) in [5.74, 6) is -0.239. The maximum atomic E-state index is 13.2. The van der Waals surface area contributed by atoms with Gasteiger partial charge in [0.2, 0.25) is 5.91 Å². The Kier molecular flexibility index (Phi) is 5.16. The fraction of sp³-hybridized carbons (Fsp3) is 0.750. The SMILES string of the molecule is CC(C(=O)NC1CCN(C)CC1)n1nc(C(F)(F)F)c(Br)c1C1CC1. The third-order valence-corrected chi connectivity index (χ3v) is 5.71. The van der Waals surface area contributed by atoms with Crippen LogP contribution in [0.5, 0.6) is 0 Å². The molecule has 1 unspecified atom stereocenters. The van der Waals surface area contributed by atoms with Gasteiger partial charge >= 0.3 is 6.18 Å². The molecule has 3 rings (SSSR count). The van der Waals surface area contributed by atoms with E-state index in [4.69, 9.17) is 0 Å². The lowest BCUT2D eigenvalue weighted by atomic mass is 10.1. The predicted molar refractivity (Wildman–Crippen MR) is 90.3 cm³/mol. The van der Waals surface area contributed by atoms with E-state index in [9.17, 15) is 18.0 Å². The van der Waals surface area contributed by atoms with Crippen molar-refractivity contribution >= 4 is 21.8 Å². The van der Waals surface area contributed by atoms with E-state index >= 15 is 0 Å². The first kappa shape index (κ1) is 18.7. The lowest BCUT2D eigenvalue weighted by Crippen LogP contribution is -2.45. The number of likely N-dealkylation sites (tertiary alicyclic amines) is 1. The van der Waals surface area contributed by atoms with E-state index in [0.717, 1.165) is 38.8 Å². The van der Waals surface area contributed by atoms with Crippen molar-refractivity contribution in [2.75, 3.05) is 20.1 Å². The predicted octanol–water partition coefficient (Wildman–Crippen LogP) is 3.31. The van der Waals surface area contributed by atoms with Gasteiger partial charge in [0.1, 0.15) is 6.04 Å². The van der Waals surface area contributed by atoms with Gasteiger partial charge in [-0.2, -0.15) is 18.3 Å². The molecule has 1 saturated heterocycles. The Bertz CT molecular complexity index is 649. The van der Waals surface area contributed by atoms with Crippen molar-refractivity contribution in [1.29, 1.82) is 0 Å². The average Bonchev–Trinajstić information content (AvgIpc) is 3.30. The summed E-state index contributed by atoms with van der Waals surface area (Å²) in [5.41, 5.74) is -0.466. The molecule has 2 fully saturated rings. The Morgan fingerprint density at radius 3 is 2.40 bits per heavy atom. The number of hydrogen-bond donors (Lipinski definition) is 1. The molecule has 1 atom stereocenters. The molecular formula is C16H22BrF3N4O. The number of hydrogen-bond acceptors (Lipinski definition) is 3. The highest BCUT2D eigenvalue weighted by molar-refractivity contribution is 9.10. The minimum Gasteiger partial charge on any atom is -0.351 e. The van der Waals surface area contributed by atoms with Crippen LogP contribution in [0.1, 0.15) is 56.0 Å². The van der Waals surface area contributed by atoms with E-state index in [1.54, 1.807) is 6.92 Å². The molecule has 0 radical (unpaired) electrons. The van der Waals surface area contributed by atoms with E-state index in [2.05, 4.69) is 31.2 Å². The van der Waals surface area contributed by atoms with Crippen molar-refractivity contribution in [3.05, 3.63) is 15.9 Å². The van der Waals surface area contributed by atoms with Crippen LogP contribution in [-0.2, 0) is 11.0 Å². The standard InChI is InChI=1S/C16H22BrF3N4O/c1-9(15(25)21-11-5-7-23(2)8-6-11)24-13(10-3-4-10)12(17)14(22-24)16(18,19)20/h9-11H,3-8H2,1-2H3,(H,21,25). The quantitative estimate of drug-likeness (QED) is 0.809. The number of amides is 1. The zero-order valence-electron chi connectivity index (χ0n) is 14.2. The lowest BCUT2D eigenvalue weighted by Gasteiger charge is -2.30. The van der Waals surface area contributed by atoms with Crippen LogP contribution in [0.15, 0.2) is 4.47 Å². The van der Waals surface area contributed by atoms with Crippen LogP contribution in [0.4, 0.5) is 13.2 Å². The second-order valence-electron chi connectivity index (χ2n) is 7.03. The number of alkyl halides is 3. The molecule has 1 aromatic rings. The molecule has 2 heterocycles. The normalized spacial score (nSPS) is 21.4. The zero-order chi connectivity index (χ0) is 18.4. The largest absolute Gasteiger partial charge is 0.436 e. The summed E-state index contributed by atoms with van der Waals surface area (Å²) in [5, 5.41) is 6.71. The smallest absolute Gasteiger partial charge is 0.351 e. The van der Waals surface area contributed by atoms with Crippen LogP contribution in [-0.4, -0.2) is 46.8 Å². The van der Waals surface area contributed by atoms with Crippen molar-refractivity contribution in [3.8, 4) is 0 Å².